The minimum absolute atomic E-state index is 0.635. The second-order valence-electron chi connectivity index (χ2n) is 5.16. The molecule has 0 bridgehead atoms. The Morgan fingerprint density at radius 3 is 2.48 bits per heavy atom. The lowest BCUT2D eigenvalue weighted by Gasteiger charge is -2.10. The Bertz CT molecular complexity index is 771. The van der Waals surface area contributed by atoms with Crippen molar-refractivity contribution in [1.82, 2.24) is 14.8 Å². The maximum atomic E-state index is 5.83. The van der Waals surface area contributed by atoms with Crippen molar-refractivity contribution >= 4 is 11.8 Å². The number of nitrogens with zero attached hydrogens (tertiary/aromatic N) is 3. The first-order chi connectivity index (χ1) is 11.3. The zero-order valence-corrected chi connectivity index (χ0v) is 14.1. The topological polar surface area (TPSA) is 39.9 Å². The third-order valence-corrected chi connectivity index (χ3v) is 4.37. The number of aryl methyl sites for hydroxylation is 2. The van der Waals surface area contributed by atoms with Gasteiger partial charge in [-0.05, 0) is 37.6 Å². The van der Waals surface area contributed by atoms with Gasteiger partial charge in [-0.3, -0.25) is 4.57 Å². The minimum Gasteiger partial charge on any atom is -0.492 e. The highest BCUT2D eigenvalue weighted by molar-refractivity contribution is 7.99. The summed E-state index contributed by atoms with van der Waals surface area (Å²) in [5.41, 5.74) is 2.23. The van der Waals surface area contributed by atoms with Crippen molar-refractivity contribution in [2.75, 3.05) is 12.4 Å². The van der Waals surface area contributed by atoms with Crippen LogP contribution in [-0.2, 0) is 0 Å². The van der Waals surface area contributed by atoms with Crippen molar-refractivity contribution in [3.05, 3.63) is 66.0 Å². The Morgan fingerprint density at radius 2 is 1.70 bits per heavy atom. The Hall–Kier alpha value is -2.27. The summed E-state index contributed by atoms with van der Waals surface area (Å²) >= 11 is 1.65. The molecule has 0 saturated carbocycles. The van der Waals surface area contributed by atoms with Crippen LogP contribution < -0.4 is 4.74 Å². The summed E-state index contributed by atoms with van der Waals surface area (Å²) in [5.74, 6) is 2.64. The van der Waals surface area contributed by atoms with Gasteiger partial charge in [0.25, 0.3) is 0 Å². The molecule has 3 aromatic rings. The van der Waals surface area contributed by atoms with Crippen molar-refractivity contribution in [3.8, 4) is 11.4 Å². The summed E-state index contributed by atoms with van der Waals surface area (Å²) in [6.45, 7) is 4.65. The van der Waals surface area contributed by atoms with Gasteiger partial charge in [0.05, 0.1) is 6.61 Å². The summed E-state index contributed by atoms with van der Waals surface area (Å²) in [5, 5.41) is 9.36. The first-order valence-electron chi connectivity index (χ1n) is 7.54. The molecule has 5 heteroatoms. The smallest absolute Gasteiger partial charge is 0.195 e. The lowest BCUT2D eigenvalue weighted by molar-refractivity contribution is 0.341. The van der Waals surface area contributed by atoms with Crippen LogP contribution in [0.5, 0.6) is 5.75 Å². The van der Waals surface area contributed by atoms with Crippen LogP contribution in [0.1, 0.15) is 11.4 Å². The van der Waals surface area contributed by atoms with Gasteiger partial charge in [0, 0.05) is 11.4 Å². The monoisotopic (exact) mass is 325 g/mol. The average molecular weight is 325 g/mol. The molecule has 0 N–H and O–H groups in total. The molecule has 23 heavy (non-hydrogen) atoms. The number of para-hydroxylation sites is 2. The second-order valence-corrected chi connectivity index (χ2v) is 6.23. The molecule has 0 atom stereocenters. The van der Waals surface area contributed by atoms with Gasteiger partial charge in [-0.2, -0.15) is 0 Å². The van der Waals surface area contributed by atoms with E-state index < -0.39 is 0 Å². The number of benzene rings is 2. The Balaban J connectivity index is 1.62. The molecule has 0 fully saturated rings. The summed E-state index contributed by atoms with van der Waals surface area (Å²) in [4.78, 5) is 0. The number of ether oxygens (including phenoxy) is 1. The molecule has 0 radical (unpaired) electrons. The van der Waals surface area contributed by atoms with E-state index in [0.29, 0.717) is 6.61 Å². The fourth-order valence-corrected chi connectivity index (χ4v) is 3.13. The van der Waals surface area contributed by atoms with Gasteiger partial charge >= 0.3 is 0 Å². The van der Waals surface area contributed by atoms with Crippen molar-refractivity contribution < 1.29 is 4.74 Å². The zero-order valence-electron chi connectivity index (χ0n) is 13.3. The van der Waals surface area contributed by atoms with E-state index in [1.807, 2.05) is 43.3 Å². The quantitative estimate of drug-likeness (QED) is 0.506. The van der Waals surface area contributed by atoms with Crippen LogP contribution in [0.15, 0.2) is 59.8 Å². The molecule has 0 spiro atoms. The number of thioether (sulfide) groups is 1. The van der Waals surface area contributed by atoms with E-state index in [9.17, 15) is 0 Å². The molecule has 0 amide bonds. The molecule has 0 aliphatic heterocycles. The van der Waals surface area contributed by atoms with Crippen LogP contribution in [-0.4, -0.2) is 27.1 Å². The van der Waals surface area contributed by atoms with Crippen LogP contribution in [0.3, 0.4) is 0 Å². The molecule has 2 aromatic carbocycles. The number of aromatic nitrogens is 3. The van der Waals surface area contributed by atoms with Crippen molar-refractivity contribution in [1.29, 1.82) is 0 Å². The molecular formula is C18H19N3OS. The lowest BCUT2D eigenvalue weighted by Crippen LogP contribution is -2.04. The standard InChI is InChI=1S/C18H19N3OS/c1-14-8-6-7-11-17(14)22-12-13-23-18-20-19-15(2)21(18)16-9-4-3-5-10-16/h3-11H,12-13H2,1-2H3. The van der Waals surface area contributed by atoms with Crippen LogP contribution in [0.25, 0.3) is 5.69 Å². The van der Waals surface area contributed by atoms with E-state index in [1.165, 1.54) is 0 Å². The molecular weight excluding hydrogens is 306 g/mol. The zero-order chi connectivity index (χ0) is 16.1. The average Bonchev–Trinajstić information content (AvgIpc) is 2.94. The SMILES string of the molecule is Cc1ccccc1OCCSc1nnc(C)n1-c1ccccc1. The van der Waals surface area contributed by atoms with E-state index in [4.69, 9.17) is 4.74 Å². The Kier molecular flexibility index (Phi) is 4.98. The van der Waals surface area contributed by atoms with Crippen molar-refractivity contribution in [3.63, 3.8) is 0 Å². The van der Waals surface area contributed by atoms with E-state index >= 15 is 0 Å². The lowest BCUT2D eigenvalue weighted by atomic mass is 10.2. The van der Waals surface area contributed by atoms with E-state index in [1.54, 1.807) is 11.8 Å². The second kappa shape index (κ2) is 7.33. The molecule has 0 saturated heterocycles. The first kappa shape index (κ1) is 15.6. The third-order valence-electron chi connectivity index (χ3n) is 3.48. The van der Waals surface area contributed by atoms with Gasteiger partial charge in [-0.1, -0.05) is 48.2 Å². The molecule has 4 nitrogen and oxygen atoms in total. The number of hydrogen-bond acceptors (Lipinski definition) is 4. The third kappa shape index (κ3) is 3.74. The van der Waals surface area contributed by atoms with Gasteiger partial charge in [0.15, 0.2) is 5.16 Å². The summed E-state index contributed by atoms with van der Waals surface area (Å²) in [6.07, 6.45) is 0. The van der Waals surface area contributed by atoms with Crippen LogP contribution in [0.4, 0.5) is 0 Å². The van der Waals surface area contributed by atoms with Gasteiger partial charge in [-0.25, -0.2) is 0 Å². The normalized spacial score (nSPS) is 10.7. The van der Waals surface area contributed by atoms with E-state index in [0.717, 1.165) is 33.7 Å². The highest BCUT2D eigenvalue weighted by Gasteiger charge is 2.11. The van der Waals surface area contributed by atoms with Crippen LogP contribution in [0, 0.1) is 13.8 Å². The van der Waals surface area contributed by atoms with Gasteiger partial charge in [0.1, 0.15) is 11.6 Å². The summed E-state index contributed by atoms with van der Waals surface area (Å²) in [7, 11) is 0. The molecule has 3 rings (SSSR count). The van der Waals surface area contributed by atoms with Gasteiger partial charge in [0.2, 0.25) is 0 Å². The fourth-order valence-electron chi connectivity index (χ4n) is 2.31. The minimum atomic E-state index is 0.635. The molecule has 0 aliphatic carbocycles. The molecule has 118 valence electrons. The van der Waals surface area contributed by atoms with Crippen molar-refractivity contribution in [2.45, 2.75) is 19.0 Å². The predicted molar refractivity (Wildman–Crippen MR) is 93.5 cm³/mol. The Labute approximate surface area is 140 Å². The maximum Gasteiger partial charge on any atom is 0.195 e. The van der Waals surface area contributed by atoms with Crippen LogP contribution >= 0.6 is 11.8 Å². The van der Waals surface area contributed by atoms with Crippen LogP contribution in [0.2, 0.25) is 0 Å². The Morgan fingerprint density at radius 1 is 0.957 bits per heavy atom. The maximum absolute atomic E-state index is 5.83. The predicted octanol–water partition coefficient (Wildman–Crippen LogP) is 4.06. The van der Waals surface area contributed by atoms with E-state index in [-0.39, 0.29) is 0 Å². The number of hydrogen-bond donors (Lipinski definition) is 0. The largest absolute Gasteiger partial charge is 0.492 e. The van der Waals surface area contributed by atoms with E-state index in [2.05, 4.69) is 39.9 Å². The first-order valence-corrected chi connectivity index (χ1v) is 8.53. The highest BCUT2D eigenvalue weighted by atomic mass is 32.2. The fraction of sp³-hybridized carbons (Fsp3) is 0.222. The molecule has 0 unspecified atom stereocenters. The highest BCUT2D eigenvalue weighted by Crippen LogP contribution is 2.22. The number of rotatable bonds is 6. The molecule has 1 heterocycles. The summed E-state index contributed by atoms with van der Waals surface area (Å²) < 4.78 is 7.90. The molecule has 0 aliphatic rings. The summed E-state index contributed by atoms with van der Waals surface area (Å²) in [6, 6.07) is 18.2. The van der Waals surface area contributed by atoms with Gasteiger partial charge in [-0.15, -0.1) is 10.2 Å². The molecule has 1 aromatic heterocycles. The van der Waals surface area contributed by atoms with Crippen molar-refractivity contribution in [2.24, 2.45) is 0 Å². The van der Waals surface area contributed by atoms with Gasteiger partial charge < -0.3 is 4.74 Å².